The van der Waals surface area contributed by atoms with Crippen LogP contribution in [0.3, 0.4) is 0 Å². The molecule has 0 unspecified atom stereocenters. The minimum absolute atomic E-state index is 0.0176. The number of nitrogens with one attached hydrogen (secondary N) is 2. The van der Waals surface area contributed by atoms with Crippen LogP contribution in [-0.4, -0.2) is 16.8 Å². The first-order valence-corrected chi connectivity index (χ1v) is 9.19. The van der Waals surface area contributed by atoms with Crippen LogP contribution in [0.2, 0.25) is 0 Å². The zero-order valence-electron chi connectivity index (χ0n) is 16.5. The third-order valence-electron chi connectivity index (χ3n) is 4.35. The SMILES string of the molecule is CC(C)(C)c1ccc(NC(=O)c2cccc(C(=O)Nc3ccccc3F)n2)cc1. The van der Waals surface area contributed by atoms with Crippen molar-refractivity contribution < 1.29 is 14.0 Å². The minimum Gasteiger partial charge on any atom is -0.321 e. The van der Waals surface area contributed by atoms with Gasteiger partial charge in [-0.2, -0.15) is 0 Å². The van der Waals surface area contributed by atoms with Crippen LogP contribution in [-0.2, 0) is 5.41 Å². The Morgan fingerprint density at radius 3 is 1.97 bits per heavy atom. The van der Waals surface area contributed by atoms with Crippen molar-refractivity contribution >= 4 is 23.2 Å². The van der Waals surface area contributed by atoms with E-state index in [1.165, 1.54) is 30.3 Å². The molecule has 0 aliphatic heterocycles. The van der Waals surface area contributed by atoms with Gasteiger partial charge in [-0.1, -0.05) is 51.1 Å². The van der Waals surface area contributed by atoms with Crippen molar-refractivity contribution in [2.45, 2.75) is 26.2 Å². The van der Waals surface area contributed by atoms with E-state index in [1.807, 2.05) is 24.3 Å². The predicted octanol–water partition coefficient (Wildman–Crippen LogP) is 5.02. The molecule has 2 aromatic carbocycles. The van der Waals surface area contributed by atoms with Crippen LogP contribution >= 0.6 is 0 Å². The molecule has 0 fully saturated rings. The Morgan fingerprint density at radius 2 is 1.38 bits per heavy atom. The fourth-order valence-electron chi connectivity index (χ4n) is 2.69. The zero-order chi connectivity index (χ0) is 21.0. The molecule has 6 heteroatoms. The highest BCUT2D eigenvalue weighted by Crippen LogP contribution is 2.23. The number of halogens is 1. The standard InChI is InChI=1S/C23H22FN3O2/c1-23(2,3)15-11-13-16(14-12-15)25-21(28)19-9-6-10-20(26-19)22(29)27-18-8-5-4-7-17(18)24/h4-14H,1-3H3,(H,25,28)(H,27,29). The number of hydrogen-bond acceptors (Lipinski definition) is 3. The van der Waals surface area contributed by atoms with Crippen LogP contribution in [0, 0.1) is 5.82 Å². The summed E-state index contributed by atoms with van der Waals surface area (Å²) < 4.78 is 13.7. The molecule has 0 spiro atoms. The molecule has 29 heavy (non-hydrogen) atoms. The zero-order valence-corrected chi connectivity index (χ0v) is 16.5. The van der Waals surface area contributed by atoms with Crippen LogP contribution < -0.4 is 10.6 Å². The van der Waals surface area contributed by atoms with Gasteiger partial charge in [0, 0.05) is 5.69 Å². The summed E-state index contributed by atoms with van der Waals surface area (Å²) in [6.07, 6.45) is 0. The molecule has 3 aromatic rings. The summed E-state index contributed by atoms with van der Waals surface area (Å²) in [7, 11) is 0. The highest BCUT2D eigenvalue weighted by Gasteiger charge is 2.16. The van der Waals surface area contributed by atoms with Gasteiger partial charge in [-0.25, -0.2) is 9.37 Å². The van der Waals surface area contributed by atoms with E-state index in [4.69, 9.17) is 0 Å². The molecular formula is C23H22FN3O2. The molecule has 0 radical (unpaired) electrons. The Hall–Kier alpha value is -3.54. The molecule has 0 aliphatic carbocycles. The van der Waals surface area contributed by atoms with Crippen LogP contribution in [0.5, 0.6) is 0 Å². The molecule has 3 rings (SSSR count). The summed E-state index contributed by atoms with van der Waals surface area (Å²) in [5, 5.41) is 5.22. The molecule has 0 atom stereocenters. The summed E-state index contributed by atoms with van der Waals surface area (Å²) in [6, 6.07) is 17.9. The summed E-state index contributed by atoms with van der Waals surface area (Å²) in [6.45, 7) is 6.34. The van der Waals surface area contributed by atoms with Crippen molar-refractivity contribution in [1.82, 2.24) is 4.98 Å². The van der Waals surface area contributed by atoms with E-state index in [-0.39, 0.29) is 22.5 Å². The number of carbonyl (C=O) groups excluding carboxylic acids is 2. The van der Waals surface area contributed by atoms with Crippen molar-refractivity contribution in [1.29, 1.82) is 0 Å². The van der Waals surface area contributed by atoms with Crippen molar-refractivity contribution in [2.24, 2.45) is 0 Å². The fraction of sp³-hybridized carbons (Fsp3) is 0.174. The van der Waals surface area contributed by atoms with Crippen molar-refractivity contribution in [3.8, 4) is 0 Å². The van der Waals surface area contributed by atoms with Gasteiger partial charge in [-0.3, -0.25) is 9.59 Å². The molecule has 2 amide bonds. The Labute approximate surface area is 169 Å². The predicted molar refractivity (Wildman–Crippen MR) is 112 cm³/mol. The van der Waals surface area contributed by atoms with Crippen LogP contribution in [0.25, 0.3) is 0 Å². The number of hydrogen-bond donors (Lipinski definition) is 2. The van der Waals surface area contributed by atoms with E-state index >= 15 is 0 Å². The first-order valence-electron chi connectivity index (χ1n) is 9.19. The Morgan fingerprint density at radius 1 is 0.793 bits per heavy atom. The Balaban J connectivity index is 1.72. The molecule has 148 valence electrons. The lowest BCUT2D eigenvalue weighted by Crippen LogP contribution is -2.19. The summed E-state index contributed by atoms with van der Waals surface area (Å²) in [5.74, 6) is -1.58. The van der Waals surface area contributed by atoms with Gasteiger partial charge in [-0.05, 0) is 47.4 Å². The maximum absolute atomic E-state index is 13.7. The molecule has 0 saturated carbocycles. The first-order chi connectivity index (χ1) is 13.7. The van der Waals surface area contributed by atoms with Crippen LogP contribution in [0.1, 0.15) is 47.3 Å². The second-order valence-electron chi connectivity index (χ2n) is 7.62. The monoisotopic (exact) mass is 391 g/mol. The third-order valence-corrected chi connectivity index (χ3v) is 4.35. The quantitative estimate of drug-likeness (QED) is 0.656. The Bertz CT molecular complexity index is 1040. The lowest BCUT2D eigenvalue weighted by Gasteiger charge is -2.19. The van der Waals surface area contributed by atoms with E-state index in [0.29, 0.717) is 5.69 Å². The van der Waals surface area contributed by atoms with Gasteiger partial charge in [0.1, 0.15) is 17.2 Å². The number of rotatable bonds is 4. The molecule has 2 N–H and O–H groups in total. The number of benzene rings is 2. The van der Waals surface area contributed by atoms with Gasteiger partial charge in [0.2, 0.25) is 0 Å². The largest absolute Gasteiger partial charge is 0.321 e. The number of para-hydroxylation sites is 1. The molecule has 1 aromatic heterocycles. The third kappa shape index (κ3) is 5.04. The van der Waals surface area contributed by atoms with Crippen LogP contribution in [0.4, 0.5) is 15.8 Å². The molecule has 0 aliphatic rings. The number of carbonyl (C=O) groups is 2. The normalized spacial score (nSPS) is 11.0. The number of nitrogens with zero attached hydrogens (tertiary/aromatic N) is 1. The molecule has 0 saturated heterocycles. The van der Waals surface area contributed by atoms with Gasteiger partial charge < -0.3 is 10.6 Å². The van der Waals surface area contributed by atoms with Gasteiger partial charge in [-0.15, -0.1) is 0 Å². The number of aromatic nitrogens is 1. The molecule has 1 heterocycles. The van der Waals surface area contributed by atoms with E-state index in [2.05, 4.69) is 36.4 Å². The van der Waals surface area contributed by atoms with E-state index < -0.39 is 17.6 Å². The number of pyridine rings is 1. The lowest BCUT2D eigenvalue weighted by molar-refractivity contribution is 0.101. The first kappa shape index (κ1) is 20.2. The van der Waals surface area contributed by atoms with Crippen molar-refractivity contribution in [3.63, 3.8) is 0 Å². The average Bonchev–Trinajstić information content (AvgIpc) is 2.69. The maximum Gasteiger partial charge on any atom is 0.274 e. The fourth-order valence-corrected chi connectivity index (χ4v) is 2.69. The molecule has 0 bridgehead atoms. The number of anilines is 2. The van der Waals surface area contributed by atoms with Gasteiger partial charge in [0.05, 0.1) is 5.69 Å². The minimum atomic E-state index is -0.598. The van der Waals surface area contributed by atoms with Gasteiger partial charge >= 0.3 is 0 Å². The van der Waals surface area contributed by atoms with Gasteiger partial charge in [0.15, 0.2) is 0 Å². The van der Waals surface area contributed by atoms with E-state index in [0.717, 1.165) is 5.56 Å². The summed E-state index contributed by atoms with van der Waals surface area (Å²) >= 11 is 0. The maximum atomic E-state index is 13.7. The van der Waals surface area contributed by atoms with Crippen molar-refractivity contribution in [2.75, 3.05) is 10.6 Å². The van der Waals surface area contributed by atoms with Gasteiger partial charge in [0.25, 0.3) is 11.8 Å². The van der Waals surface area contributed by atoms with E-state index in [9.17, 15) is 14.0 Å². The highest BCUT2D eigenvalue weighted by molar-refractivity contribution is 6.06. The van der Waals surface area contributed by atoms with E-state index in [1.54, 1.807) is 12.1 Å². The molecule has 5 nitrogen and oxygen atoms in total. The summed E-state index contributed by atoms with van der Waals surface area (Å²) in [5.41, 5.74) is 1.96. The van der Waals surface area contributed by atoms with Crippen molar-refractivity contribution in [3.05, 3.63) is 89.5 Å². The summed E-state index contributed by atoms with van der Waals surface area (Å²) in [4.78, 5) is 29.0. The second-order valence-corrected chi connectivity index (χ2v) is 7.62. The van der Waals surface area contributed by atoms with Crippen LogP contribution in [0.15, 0.2) is 66.7 Å². The smallest absolute Gasteiger partial charge is 0.274 e. The Kier molecular flexibility index (Phi) is 5.73. The second kappa shape index (κ2) is 8.22. The lowest BCUT2D eigenvalue weighted by atomic mass is 9.87. The molecular weight excluding hydrogens is 369 g/mol. The number of amides is 2. The topological polar surface area (TPSA) is 71.1 Å². The average molecular weight is 391 g/mol. The highest BCUT2D eigenvalue weighted by atomic mass is 19.1.